The molecule has 0 N–H and O–H groups in total. The summed E-state index contributed by atoms with van der Waals surface area (Å²) in [6, 6.07) is 10.4. The largest absolute Gasteiger partial charge is 0.466 e. The summed E-state index contributed by atoms with van der Waals surface area (Å²) in [4.78, 5) is 11.9. The minimum Gasteiger partial charge on any atom is -0.466 e. The molecule has 0 amide bonds. The zero-order valence-electron chi connectivity index (χ0n) is 17.1. The van der Waals surface area contributed by atoms with E-state index in [2.05, 4.69) is 58.9 Å². The Bertz CT molecular complexity index is 583. The van der Waals surface area contributed by atoms with Crippen LogP contribution < -0.4 is 0 Å². The number of carbonyl (C=O) groups is 1. The first kappa shape index (κ1) is 21.0. The van der Waals surface area contributed by atoms with E-state index in [1.165, 1.54) is 5.56 Å². The van der Waals surface area contributed by atoms with Crippen LogP contribution >= 0.6 is 0 Å². The quantitative estimate of drug-likeness (QED) is 0.493. The summed E-state index contributed by atoms with van der Waals surface area (Å²) >= 11 is 0. The van der Waals surface area contributed by atoms with Crippen molar-refractivity contribution in [1.29, 1.82) is 0 Å². The number of ether oxygens (including phenoxy) is 1. The van der Waals surface area contributed by atoms with Gasteiger partial charge in [0.25, 0.3) is 0 Å². The summed E-state index contributed by atoms with van der Waals surface area (Å²) in [6.45, 7) is 12.7. The van der Waals surface area contributed by atoms with E-state index in [1.54, 1.807) is 0 Å². The summed E-state index contributed by atoms with van der Waals surface area (Å²) in [5.74, 6) is -0.157. The molecule has 1 fully saturated rings. The number of hydrogen-bond acceptors (Lipinski definition) is 4. The lowest BCUT2D eigenvalue weighted by molar-refractivity contribution is -0.143. The molecular weight excluding hydrogens is 327 g/mol. The van der Waals surface area contributed by atoms with E-state index < -0.39 is 0 Å². The number of aryl methyl sites for hydroxylation is 1. The van der Waals surface area contributed by atoms with Crippen LogP contribution in [0.1, 0.15) is 66.4 Å². The highest BCUT2D eigenvalue weighted by atomic mass is 16.7. The first-order chi connectivity index (χ1) is 12.1. The van der Waals surface area contributed by atoms with E-state index in [1.807, 2.05) is 13.0 Å². The standard InChI is InChI=1S/C21H33BO4/c1-7-24-18(23)14-16-21(6,15-13-17-11-9-8-10-12-17)22-25-19(2,3)20(4,5)26-22/h8-12H,7,13-16H2,1-6H3. The molecule has 1 unspecified atom stereocenters. The average molecular weight is 360 g/mol. The first-order valence-electron chi connectivity index (χ1n) is 9.65. The molecule has 4 nitrogen and oxygen atoms in total. The number of esters is 1. The fraction of sp³-hybridized carbons (Fsp3) is 0.667. The molecule has 1 saturated heterocycles. The van der Waals surface area contributed by atoms with Crippen molar-refractivity contribution in [1.82, 2.24) is 0 Å². The van der Waals surface area contributed by atoms with Crippen LogP contribution in [0, 0.1) is 0 Å². The molecular formula is C21H33BO4. The van der Waals surface area contributed by atoms with Gasteiger partial charge in [0.15, 0.2) is 0 Å². The van der Waals surface area contributed by atoms with E-state index in [9.17, 15) is 4.79 Å². The molecule has 1 aliphatic rings. The van der Waals surface area contributed by atoms with Gasteiger partial charge in [-0.25, -0.2) is 0 Å². The van der Waals surface area contributed by atoms with E-state index >= 15 is 0 Å². The lowest BCUT2D eigenvalue weighted by Gasteiger charge is -2.32. The zero-order chi connectivity index (χ0) is 19.4. The van der Waals surface area contributed by atoms with Crippen LogP contribution in [0.5, 0.6) is 0 Å². The van der Waals surface area contributed by atoms with Crippen LogP contribution in [0.4, 0.5) is 0 Å². The third kappa shape index (κ3) is 4.89. The number of hydrogen-bond donors (Lipinski definition) is 0. The topological polar surface area (TPSA) is 44.8 Å². The fourth-order valence-electron chi connectivity index (χ4n) is 3.18. The molecule has 144 valence electrons. The molecule has 1 heterocycles. The number of benzene rings is 1. The van der Waals surface area contributed by atoms with Gasteiger partial charge >= 0.3 is 13.1 Å². The average Bonchev–Trinajstić information content (AvgIpc) is 2.81. The van der Waals surface area contributed by atoms with E-state index in [0.29, 0.717) is 19.4 Å². The van der Waals surface area contributed by atoms with E-state index in [4.69, 9.17) is 14.0 Å². The predicted octanol–water partition coefficient (Wildman–Crippen LogP) is 4.82. The van der Waals surface area contributed by atoms with Crippen LogP contribution in [0.25, 0.3) is 0 Å². The summed E-state index contributed by atoms with van der Waals surface area (Å²) in [5, 5.41) is -0.270. The van der Waals surface area contributed by atoms with Crippen molar-refractivity contribution in [2.45, 2.75) is 83.7 Å². The van der Waals surface area contributed by atoms with Crippen LogP contribution in [0.2, 0.25) is 5.31 Å². The first-order valence-corrected chi connectivity index (χ1v) is 9.65. The van der Waals surface area contributed by atoms with Gasteiger partial charge in [-0.3, -0.25) is 4.79 Å². The van der Waals surface area contributed by atoms with Crippen LogP contribution in [-0.2, 0) is 25.3 Å². The normalized spacial score (nSPS) is 20.6. The second-order valence-corrected chi connectivity index (χ2v) is 8.53. The number of rotatable bonds is 8. The Morgan fingerprint density at radius 2 is 1.65 bits per heavy atom. The van der Waals surface area contributed by atoms with Crippen LogP contribution in [-0.4, -0.2) is 30.9 Å². The SMILES string of the molecule is CCOC(=O)CCC(C)(CCc1ccccc1)B1OC(C)(C)C(C)(C)O1. The second-order valence-electron chi connectivity index (χ2n) is 8.53. The molecule has 0 spiro atoms. The van der Waals surface area contributed by atoms with Crippen LogP contribution in [0.15, 0.2) is 30.3 Å². The molecule has 1 aromatic carbocycles. The van der Waals surface area contributed by atoms with Gasteiger partial charge in [-0.2, -0.15) is 0 Å². The van der Waals surface area contributed by atoms with E-state index in [-0.39, 0.29) is 29.6 Å². The van der Waals surface area contributed by atoms with Crippen molar-refractivity contribution >= 4 is 13.1 Å². The molecule has 0 radical (unpaired) electrons. The Kier molecular flexibility index (Phi) is 6.57. The predicted molar refractivity (Wildman–Crippen MR) is 105 cm³/mol. The minimum atomic E-state index is -0.379. The van der Waals surface area contributed by atoms with Crippen molar-refractivity contribution in [3.63, 3.8) is 0 Å². The Hall–Kier alpha value is -1.33. The van der Waals surface area contributed by atoms with Gasteiger partial charge in [0.05, 0.1) is 17.8 Å². The fourth-order valence-corrected chi connectivity index (χ4v) is 3.18. The molecule has 0 bridgehead atoms. The Balaban J connectivity index is 2.14. The summed E-state index contributed by atoms with van der Waals surface area (Å²) in [6.07, 6.45) is 2.86. The Labute approximate surface area is 158 Å². The highest BCUT2D eigenvalue weighted by Crippen LogP contribution is 2.49. The van der Waals surface area contributed by atoms with Crippen molar-refractivity contribution in [2.75, 3.05) is 6.61 Å². The molecule has 1 aromatic rings. The van der Waals surface area contributed by atoms with Crippen molar-refractivity contribution in [3.8, 4) is 0 Å². The molecule has 26 heavy (non-hydrogen) atoms. The third-order valence-corrected chi connectivity index (χ3v) is 5.86. The van der Waals surface area contributed by atoms with E-state index in [0.717, 1.165) is 12.8 Å². The number of carbonyl (C=O) groups excluding carboxylic acids is 1. The van der Waals surface area contributed by atoms with Crippen LogP contribution in [0.3, 0.4) is 0 Å². The molecule has 1 aliphatic heterocycles. The molecule has 0 aromatic heterocycles. The summed E-state index contributed by atoms with van der Waals surface area (Å²) < 4.78 is 17.8. The molecule has 0 aliphatic carbocycles. The van der Waals surface area contributed by atoms with Gasteiger partial charge in [0, 0.05) is 11.7 Å². The maximum atomic E-state index is 11.9. The lowest BCUT2D eigenvalue weighted by atomic mass is 9.54. The minimum absolute atomic E-state index is 0.157. The highest BCUT2D eigenvalue weighted by molar-refractivity contribution is 6.49. The van der Waals surface area contributed by atoms with Crippen molar-refractivity contribution in [2.24, 2.45) is 0 Å². The van der Waals surface area contributed by atoms with Gasteiger partial charge < -0.3 is 14.0 Å². The van der Waals surface area contributed by atoms with Gasteiger partial charge in [-0.05, 0) is 59.4 Å². The van der Waals surface area contributed by atoms with Gasteiger partial charge in [-0.1, -0.05) is 37.3 Å². The lowest BCUT2D eigenvalue weighted by Crippen LogP contribution is -2.41. The second kappa shape index (κ2) is 8.14. The maximum absolute atomic E-state index is 11.9. The Morgan fingerprint density at radius 3 is 2.19 bits per heavy atom. The molecule has 0 saturated carbocycles. The summed E-state index contributed by atoms with van der Waals surface area (Å²) in [7, 11) is -0.342. The maximum Gasteiger partial charge on any atom is 0.464 e. The zero-order valence-corrected chi connectivity index (χ0v) is 17.1. The van der Waals surface area contributed by atoms with Gasteiger partial charge in [0.1, 0.15) is 0 Å². The Morgan fingerprint density at radius 1 is 1.08 bits per heavy atom. The smallest absolute Gasteiger partial charge is 0.464 e. The highest BCUT2D eigenvalue weighted by Gasteiger charge is 2.57. The molecule has 5 heteroatoms. The van der Waals surface area contributed by atoms with Crippen molar-refractivity contribution < 1.29 is 18.8 Å². The molecule has 1 atom stereocenters. The third-order valence-electron chi connectivity index (χ3n) is 5.86. The molecule has 2 rings (SSSR count). The van der Waals surface area contributed by atoms with Gasteiger partial charge in [-0.15, -0.1) is 0 Å². The van der Waals surface area contributed by atoms with Crippen molar-refractivity contribution in [3.05, 3.63) is 35.9 Å². The van der Waals surface area contributed by atoms with Gasteiger partial charge in [0.2, 0.25) is 0 Å². The summed E-state index contributed by atoms with van der Waals surface area (Å²) in [5.41, 5.74) is 0.525. The monoisotopic (exact) mass is 360 g/mol.